The smallest absolute Gasteiger partial charge is 0.124 e. The van der Waals surface area contributed by atoms with Crippen LogP contribution in [0.3, 0.4) is 0 Å². The Hall–Kier alpha value is -2.17. The normalized spacial score (nSPS) is 16.0. The van der Waals surface area contributed by atoms with E-state index in [2.05, 4.69) is 26.7 Å². The van der Waals surface area contributed by atoms with E-state index >= 15 is 0 Å². The second-order valence-corrected chi connectivity index (χ2v) is 9.56. The number of aliphatic hydroxyl groups excluding tert-OH is 1. The number of nitrogens with zero attached hydrogens (tertiary/aromatic N) is 3. The molecule has 1 aliphatic heterocycles. The van der Waals surface area contributed by atoms with E-state index < -0.39 is 0 Å². The monoisotopic (exact) mass is 469 g/mol. The van der Waals surface area contributed by atoms with E-state index in [4.69, 9.17) is 16.3 Å². The highest BCUT2D eigenvalue weighted by Gasteiger charge is 2.33. The predicted octanol–water partition coefficient (Wildman–Crippen LogP) is 4.80. The Kier molecular flexibility index (Phi) is 7.64. The molecule has 0 atom stereocenters. The van der Waals surface area contributed by atoms with Crippen molar-refractivity contribution in [3.05, 3.63) is 51.6 Å². The highest BCUT2D eigenvalue weighted by Crippen LogP contribution is 2.37. The lowest BCUT2D eigenvalue weighted by molar-refractivity contribution is 0.0401. The van der Waals surface area contributed by atoms with E-state index in [9.17, 15) is 5.11 Å². The molecular weight excluding hydrogens is 442 g/mol. The van der Waals surface area contributed by atoms with Crippen LogP contribution >= 0.6 is 22.9 Å². The van der Waals surface area contributed by atoms with Gasteiger partial charge in [0, 0.05) is 23.6 Å². The van der Waals surface area contributed by atoms with Crippen molar-refractivity contribution >= 4 is 33.8 Å². The van der Waals surface area contributed by atoms with Crippen molar-refractivity contribution in [1.82, 2.24) is 14.9 Å². The zero-order valence-electron chi connectivity index (χ0n) is 18.3. The van der Waals surface area contributed by atoms with Gasteiger partial charge in [0.25, 0.3) is 0 Å². The molecule has 5 nitrogen and oxygen atoms in total. The number of benzene rings is 1. The van der Waals surface area contributed by atoms with Crippen LogP contribution in [0.2, 0.25) is 5.02 Å². The number of aryl methyl sites for hydroxylation is 1. The molecule has 0 unspecified atom stereocenters. The molecular formula is C25H28ClN3O2S. The van der Waals surface area contributed by atoms with Crippen LogP contribution in [0.25, 0.3) is 10.9 Å². The Labute approximate surface area is 198 Å². The van der Waals surface area contributed by atoms with Gasteiger partial charge in [0.15, 0.2) is 0 Å². The van der Waals surface area contributed by atoms with Crippen LogP contribution in [0, 0.1) is 17.3 Å². The van der Waals surface area contributed by atoms with E-state index in [0.29, 0.717) is 5.02 Å². The van der Waals surface area contributed by atoms with Crippen molar-refractivity contribution in [1.29, 1.82) is 0 Å². The maximum Gasteiger partial charge on any atom is 0.124 e. The van der Waals surface area contributed by atoms with Crippen molar-refractivity contribution < 1.29 is 9.84 Å². The van der Waals surface area contributed by atoms with Gasteiger partial charge in [-0.2, -0.15) is 0 Å². The number of fused-ring (bicyclic) bond motifs is 1. The molecule has 0 bridgehead atoms. The summed E-state index contributed by atoms with van der Waals surface area (Å²) < 4.78 is 5.39. The second-order valence-electron chi connectivity index (χ2n) is 8.43. The predicted molar refractivity (Wildman–Crippen MR) is 130 cm³/mol. The van der Waals surface area contributed by atoms with Gasteiger partial charge in [-0.25, -0.2) is 4.98 Å². The lowest BCUT2D eigenvalue weighted by Crippen LogP contribution is -2.42. The van der Waals surface area contributed by atoms with Gasteiger partial charge >= 0.3 is 0 Å². The standard InChI is InChI=1S/C25H28ClN3O2S/c1-31-20-6-7-24-22(14-20)21(23(26)15-27-24)5-2-8-25(17-30)9-12-29(13-10-25)11-3-4-19-16-32-18-28-19/h6-7,14-16,18,30H,2,5,8-13,17H2,1H3. The van der Waals surface area contributed by atoms with Crippen molar-refractivity contribution in [3.63, 3.8) is 0 Å². The van der Waals surface area contributed by atoms with E-state index in [1.54, 1.807) is 30.2 Å². The SMILES string of the molecule is COc1ccc2ncc(Cl)c(CCCC3(CO)CCN(CC#Cc4cscn4)CC3)c2c1. The van der Waals surface area contributed by atoms with Gasteiger partial charge in [0.05, 0.1) is 29.7 Å². The minimum Gasteiger partial charge on any atom is -0.497 e. The van der Waals surface area contributed by atoms with E-state index in [1.165, 1.54) is 0 Å². The molecule has 7 heteroatoms. The molecule has 168 valence electrons. The molecule has 1 N–H and O–H groups in total. The first-order valence-corrected chi connectivity index (χ1v) is 12.3. The van der Waals surface area contributed by atoms with Gasteiger partial charge in [0.1, 0.15) is 11.4 Å². The summed E-state index contributed by atoms with van der Waals surface area (Å²) >= 11 is 8.08. The Morgan fingerprint density at radius 3 is 2.84 bits per heavy atom. The number of hydrogen-bond donors (Lipinski definition) is 1. The summed E-state index contributed by atoms with van der Waals surface area (Å²) in [5.74, 6) is 7.15. The Morgan fingerprint density at radius 2 is 2.12 bits per heavy atom. The van der Waals surface area contributed by atoms with Crippen LogP contribution in [-0.4, -0.2) is 53.3 Å². The van der Waals surface area contributed by atoms with Crippen LogP contribution in [-0.2, 0) is 6.42 Å². The Morgan fingerprint density at radius 1 is 1.28 bits per heavy atom. The van der Waals surface area contributed by atoms with Crippen LogP contribution in [0.1, 0.15) is 36.9 Å². The van der Waals surface area contributed by atoms with Gasteiger partial charge in [-0.05, 0) is 80.3 Å². The summed E-state index contributed by atoms with van der Waals surface area (Å²) in [6, 6.07) is 5.90. The fraction of sp³-hybridized carbons (Fsp3) is 0.440. The van der Waals surface area contributed by atoms with Gasteiger partial charge in [-0.3, -0.25) is 9.88 Å². The maximum absolute atomic E-state index is 10.2. The molecule has 0 radical (unpaired) electrons. The highest BCUT2D eigenvalue weighted by atomic mass is 35.5. The van der Waals surface area contributed by atoms with E-state index in [1.807, 2.05) is 23.6 Å². The lowest BCUT2D eigenvalue weighted by Gasteiger charge is -2.40. The van der Waals surface area contributed by atoms with E-state index in [0.717, 1.165) is 79.6 Å². The summed E-state index contributed by atoms with van der Waals surface area (Å²) in [5, 5.41) is 13.9. The first-order chi connectivity index (χ1) is 15.6. The summed E-state index contributed by atoms with van der Waals surface area (Å²) in [6.45, 7) is 2.90. The van der Waals surface area contributed by atoms with Crippen molar-refractivity contribution in [2.24, 2.45) is 5.41 Å². The summed E-state index contributed by atoms with van der Waals surface area (Å²) in [4.78, 5) is 11.0. The number of rotatable bonds is 7. The number of ether oxygens (including phenoxy) is 1. The van der Waals surface area contributed by atoms with E-state index in [-0.39, 0.29) is 12.0 Å². The first kappa shape index (κ1) is 23.0. The number of hydrogen-bond acceptors (Lipinski definition) is 6. The third-order valence-corrected chi connectivity index (χ3v) is 7.38. The molecule has 0 saturated carbocycles. The Balaban J connectivity index is 1.35. The molecule has 32 heavy (non-hydrogen) atoms. The van der Waals surface area contributed by atoms with Crippen LogP contribution in [0.15, 0.2) is 35.3 Å². The third-order valence-electron chi connectivity index (χ3n) is 6.47. The second kappa shape index (κ2) is 10.6. The van der Waals surface area contributed by atoms with Crippen molar-refractivity contribution in [3.8, 4) is 17.6 Å². The lowest BCUT2D eigenvalue weighted by atomic mass is 9.75. The van der Waals surface area contributed by atoms with Gasteiger partial charge in [-0.15, -0.1) is 11.3 Å². The van der Waals surface area contributed by atoms with Gasteiger partial charge < -0.3 is 9.84 Å². The molecule has 0 spiro atoms. The van der Waals surface area contributed by atoms with Crippen molar-refractivity contribution in [2.45, 2.75) is 32.1 Å². The maximum atomic E-state index is 10.2. The minimum atomic E-state index is -0.0220. The number of piperidine rings is 1. The fourth-order valence-corrected chi connectivity index (χ4v) is 5.14. The fourth-order valence-electron chi connectivity index (χ4n) is 4.41. The van der Waals surface area contributed by atoms with Crippen LogP contribution in [0.4, 0.5) is 0 Å². The van der Waals surface area contributed by atoms with Crippen LogP contribution in [0.5, 0.6) is 5.75 Å². The zero-order valence-corrected chi connectivity index (χ0v) is 19.9. The molecule has 4 rings (SSSR count). The van der Waals surface area contributed by atoms with Gasteiger partial charge in [0.2, 0.25) is 0 Å². The summed E-state index contributed by atoms with van der Waals surface area (Å²) in [6.07, 6.45) is 6.52. The number of aliphatic hydroxyl groups is 1. The minimum absolute atomic E-state index is 0.0220. The third kappa shape index (κ3) is 5.41. The van der Waals surface area contributed by atoms with Gasteiger partial charge in [-0.1, -0.05) is 17.5 Å². The molecule has 1 fully saturated rings. The zero-order chi connectivity index (χ0) is 22.4. The Bertz CT molecular complexity index is 1100. The average molecular weight is 470 g/mol. The number of likely N-dealkylation sites (tertiary alicyclic amines) is 1. The number of thiazole rings is 1. The molecule has 1 aliphatic rings. The molecule has 1 aromatic carbocycles. The number of aromatic nitrogens is 2. The molecule has 0 amide bonds. The highest BCUT2D eigenvalue weighted by molar-refractivity contribution is 7.07. The topological polar surface area (TPSA) is 58.5 Å². The largest absolute Gasteiger partial charge is 0.497 e. The molecule has 3 aromatic rings. The number of halogens is 1. The van der Waals surface area contributed by atoms with Crippen molar-refractivity contribution in [2.75, 3.05) is 33.4 Å². The number of methoxy groups -OCH3 is 1. The molecule has 3 heterocycles. The first-order valence-electron chi connectivity index (χ1n) is 10.9. The molecule has 2 aromatic heterocycles. The molecule has 0 aliphatic carbocycles. The average Bonchev–Trinajstić information content (AvgIpc) is 3.35. The van der Waals surface area contributed by atoms with Crippen LogP contribution < -0.4 is 4.74 Å². The quantitative estimate of drug-likeness (QED) is 0.503. The number of pyridine rings is 1. The molecule has 1 saturated heterocycles. The summed E-state index contributed by atoms with van der Waals surface area (Å²) in [7, 11) is 1.67. The summed E-state index contributed by atoms with van der Waals surface area (Å²) in [5.41, 5.74) is 4.66.